The van der Waals surface area contributed by atoms with Gasteiger partial charge in [-0.05, 0) is 24.8 Å². The van der Waals surface area contributed by atoms with E-state index in [2.05, 4.69) is 48.9 Å². The number of hydrogen-bond acceptors (Lipinski definition) is 0. The van der Waals surface area contributed by atoms with Crippen molar-refractivity contribution in [1.29, 1.82) is 0 Å². The van der Waals surface area contributed by atoms with Crippen LogP contribution in [-0.2, 0) is 6.42 Å². The van der Waals surface area contributed by atoms with Crippen LogP contribution in [0, 0.1) is 6.42 Å². The lowest BCUT2D eigenvalue weighted by Gasteiger charge is -1.95. The maximum absolute atomic E-state index is 2.20. The average Bonchev–Trinajstić information content (AvgIpc) is 2.14. The van der Waals surface area contributed by atoms with Crippen LogP contribution in [0.5, 0.6) is 0 Å². The normalized spacial score (nSPS) is 10.8. The molecule has 63 valence electrons. The standard InChI is InChI=1S/C12H15/c1-2-3-4-6-9-12-10-7-5-8-11-12/h2-5,7-8,10-11H,6,9H2,1H3. The first-order valence-corrected chi connectivity index (χ1v) is 4.42. The summed E-state index contributed by atoms with van der Waals surface area (Å²) in [7, 11) is 0. The molecule has 0 unspecified atom stereocenters. The maximum atomic E-state index is 2.20. The van der Waals surface area contributed by atoms with Crippen molar-refractivity contribution >= 4 is 0 Å². The van der Waals surface area contributed by atoms with Crippen molar-refractivity contribution in [3.8, 4) is 0 Å². The zero-order chi connectivity index (χ0) is 8.65. The molecule has 0 bridgehead atoms. The minimum absolute atomic E-state index is 1.13. The summed E-state index contributed by atoms with van der Waals surface area (Å²) in [5.41, 5.74) is 1.42. The van der Waals surface area contributed by atoms with Gasteiger partial charge in [0, 0.05) is 0 Å². The van der Waals surface area contributed by atoms with Crippen molar-refractivity contribution < 1.29 is 0 Å². The molecule has 0 saturated carbocycles. The summed E-state index contributed by atoms with van der Waals surface area (Å²) < 4.78 is 0. The van der Waals surface area contributed by atoms with Crippen molar-refractivity contribution in [2.45, 2.75) is 19.8 Å². The molecule has 0 aliphatic rings. The quantitative estimate of drug-likeness (QED) is 0.631. The van der Waals surface area contributed by atoms with Crippen LogP contribution in [0.15, 0.2) is 42.5 Å². The second kappa shape index (κ2) is 5.59. The first kappa shape index (κ1) is 9.05. The predicted octanol–water partition coefficient (Wildman–Crippen LogP) is 3.40. The summed E-state index contributed by atoms with van der Waals surface area (Å²) in [6.45, 7) is 2.04. The van der Waals surface area contributed by atoms with Gasteiger partial charge in [-0.3, -0.25) is 0 Å². The molecule has 0 aliphatic heterocycles. The van der Waals surface area contributed by atoms with Gasteiger partial charge in [0.2, 0.25) is 0 Å². The Kier molecular flexibility index (Phi) is 4.22. The molecule has 0 heterocycles. The molecular weight excluding hydrogens is 144 g/mol. The van der Waals surface area contributed by atoms with Crippen LogP contribution in [0.25, 0.3) is 0 Å². The number of rotatable bonds is 4. The zero-order valence-electron chi connectivity index (χ0n) is 7.53. The first-order chi connectivity index (χ1) is 5.93. The highest BCUT2D eigenvalue weighted by atomic mass is 13.9. The summed E-state index contributed by atoms with van der Waals surface area (Å²) in [5.74, 6) is 0. The molecule has 0 amide bonds. The van der Waals surface area contributed by atoms with Gasteiger partial charge in [0.15, 0.2) is 0 Å². The Morgan fingerprint density at radius 2 is 1.92 bits per heavy atom. The molecule has 0 fully saturated rings. The zero-order valence-corrected chi connectivity index (χ0v) is 7.53. The second-order valence-corrected chi connectivity index (χ2v) is 2.79. The van der Waals surface area contributed by atoms with E-state index in [1.165, 1.54) is 5.56 Å². The van der Waals surface area contributed by atoms with E-state index in [1.807, 2.05) is 6.92 Å². The molecule has 1 aromatic rings. The van der Waals surface area contributed by atoms with E-state index in [4.69, 9.17) is 0 Å². The third-order valence-corrected chi connectivity index (χ3v) is 1.77. The fourth-order valence-electron chi connectivity index (χ4n) is 1.13. The first-order valence-electron chi connectivity index (χ1n) is 4.42. The Morgan fingerprint density at radius 3 is 2.58 bits per heavy atom. The van der Waals surface area contributed by atoms with Crippen LogP contribution in [0.3, 0.4) is 0 Å². The number of hydrogen-bond donors (Lipinski definition) is 0. The van der Waals surface area contributed by atoms with Crippen molar-refractivity contribution in [2.24, 2.45) is 0 Å². The van der Waals surface area contributed by atoms with Gasteiger partial charge in [-0.1, -0.05) is 49.4 Å². The topological polar surface area (TPSA) is 0 Å². The third kappa shape index (κ3) is 3.38. The highest BCUT2D eigenvalue weighted by Gasteiger charge is 1.86. The Morgan fingerprint density at radius 1 is 1.17 bits per heavy atom. The summed E-state index contributed by atoms with van der Waals surface area (Å²) in [4.78, 5) is 0. The minimum Gasteiger partial charge on any atom is -0.0879 e. The Labute approximate surface area is 74.9 Å². The van der Waals surface area contributed by atoms with E-state index >= 15 is 0 Å². The van der Waals surface area contributed by atoms with Crippen LogP contribution in [-0.4, -0.2) is 0 Å². The fourth-order valence-corrected chi connectivity index (χ4v) is 1.13. The largest absolute Gasteiger partial charge is 0.0879 e. The van der Waals surface area contributed by atoms with Crippen LogP contribution < -0.4 is 0 Å². The van der Waals surface area contributed by atoms with Crippen molar-refractivity contribution in [1.82, 2.24) is 0 Å². The Bertz CT molecular complexity index is 221. The third-order valence-electron chi connectivity index (χ3n) is 1.77. The maximum Gasteiger partial charge on any atom is -0.0202 e. The van der Waals surface area contributed by atoms with Gasteiger partial charge < -0.3 is 0 Å². The average molecular weight is 159 g/mol. The summed E-state index contributed by atoms with van der Waals surface area (Å²) >= 11 is 0. The molecule has 0 aromatic heterocycles. The molecule has 1 rings (SSSR count). The highest BCUT2D eigenvalue weighted by Crippen LogP contribution is 2.02. The molecule has 0 N–H and O–H groups in total. The molecule has 0 atom stereocenters. The predicted molar refractivity (Wildman–Crippen MR) is 53.9 cm³/mol. The highest BCUT2D eigenvalue weighted by molar-refractivity contribution is 5.15. The van der Waals surface area contributed by atoms with Gasteiger partial charge in [-0.15, -0.1) is 0 Å². The van der Waals surface area contributed by atoms with E-state index in [9.17, 15) is 0 Å². The monoisotopic (exact) mass is 159 g/mol. The Balaban J connectivity index is 2.29. The minimum atomic E-state index is 1.13. The van der Waals surface area contributed by atoms with Gasteiger partial charge in [0.1, 0.15) is 0 Å². The van der Waals surface area contributed by atoms with Crippen LogP contribution in [0.1, 0.15) is 18.9 Å². The van der Waals surface area contributed by atoms with Crippen LogP contribution >= 0.6 is 0 Å². The van der Waals surface area contributed by atoms with Crippen LogP contribution in [0.4, 0.5) is 0 Å². The van der Waals surface area contributed by atoms with E-state index < -0.39 is 0 Å². The summed E-state index contributed by atoms with van der Waals surface area (Å²) in [6.07, 6.45) is 8.64. The van der Waals surface area contributed by atoms with Crippen molar-refractivity contribution in [2.75, 3.05) is 0 Å². The van der Waals surface area contributed by atoms with Gasteiger partial charge in [-0.25, -0.2) is 0 Å². The lowest BCUT2D eigenvalue weighted by molar-refractivity contribution is 1.000. The number of allylic oxidation sites excluding steroid dienone is 2. The van der Waals surface area contributed by atoms with Gasteiger partial charge >= 0.3 is 0 Å². The molecule has 1 radical (unpaired) electrons. The molecule has 0 aliphatic carbocycles. The van der Waals surface area contributed by atoms with Crippen LogP contribution in [0.2, 0.25) is 0 Å². The van der Waals surface area contributed by atoms with E-state index in [-0.39, 0.29) is 0 Å². The fraction of sp³-hybridized carbons (Fsp3) is 0.250. The molecular formula is C12H15. The molecule has 0 spiro atoms. The van der Waals surface area contributed by atoms with E-state index in [0.717, 1.165) is 12.8 Å². The van der Waals surface area contributed by atoms with Crippen molar-refractivity contribution in [3.63, 3.8) is 0 Å². The molecule has 1 aromatic carbocycles. The number of aryl methyl sites for hydroxylation is 1. The van der Waals surface area contributed by atoms with Gasteiger partial charge in [0.25, 0.3) is 0 Å². The second-order valence-electron chi connectivity index (χ2n) is 2.79. The lowest BCUT2D eigenvalue weighted by atomic mass is 10.1. The summed E-state index contributed by atoms with van der Waals surface area (Å²) in [6, 6.07) is 10.6. The molecule has 0 heteroatoms. The van der Waals surface area contributed by atoms with E-state index in [1.54, 1.807) is 0 Å². The smallest absolute Gasteiger partial charge is 0.0202 e. The van der Waals surface area contributed by atoms with Gasteiger partial charge in [0.05, 0.1) is 0 Å². The molecule has 0 nitrogen and oxygen atoms in total. The molecule has 0 saturated heterocycles. The van der Waals surface area contributed by atoms with E-state index in [0.29, 0.717) is 0 Å². The number of benzene rings is 1. The molecule has 12 heavy (non-hydrogen) atoms. The SMILES string of the molecule is C[CH]C=CCCc1ccccc1. The van der Waals surface area contributed by atoms with Crippen molar-refractivity contribution in [3.05, 3.63) is 54.5 Å². The van der Waals surface area contributed by atoms with Gasteiger partial charge in [-0.2, -0.15) is 0 Å². The summed E-state index contributed by atoms with van der Waals surface area (Å²) in [5, 5.41) is 0. The Hall–Kier alpha value is -1.04. The lowest BCUT2D eigenvalue weighted by Crippen LogP contribution is -1.80.